The summed E-state index contributed by atoms with van der Waals surface area (Å²) in [6.07, 6.45) is 1.57. The molecule has 0 radical (unpaired) electrons. The fourth-order valence-corrected chi connectivity index (χ4v) is 1.15. The zero-order valence-electron chi connectivity index (χ0n) is 10.7. The third kappa shape index (κ3) is 6.50. The van der Waals surface area contributed by atoms with Gasteiger partial charge in [-0.2, -0.15) is 0 Å². The summed E-state index contributed by atoms with van der Waals surface area (Å²) < 4.78 is 4.66. The summed E-state index contributed by atoms with van der Waals surface area (Å²) in [5.74, 6) is -1.30. The SMILES string of the molecule is CCOC(=O)CNC(=O)/C(=C/C(C)C)C(C)=O. The minimum atomic E-state index is -0.542. The first-order chi connectivity index (χ1) is 7.88. The van der Waals surface area contributed by atoms with Crippen LogP contribution in [0.2, 0.25) is 0 Å². The van der Waals surface area contributed by atoms with Gasteiger partial charge in [0.25, 0.3) is 5.91 Å². The van der Waals surface area contributed by atoms with Crippen LogP contribution >= 0.6 is 0 Å². The van der Waals surface area contributed by atoms with Crippen molar-refractivity contribution in [2.24, 2.45) is 5.92 Å². The van der Waals surface area contributed by atoms with E-state index in [0.717, 1.165) is 0 Å². The highest BCUT2D eigenvalue weighted by Gasteiger charge is 2.15. The molecule has 0 rings (SSSR count). The van der Waals surface area contributed by atoms with Gasteiger partial charge in [0, 0.05) is 0 Å². The molecule has 0 saturated carbocycles. The predicted octanol–water partition coefficient (Wildman–Crippen LogP) is 0.837. The van der Waals surface area contributed by atoms with Crippen molar-refractivity contribution in [2.45, 2.75) is 27.7 Å². The molecule has 0 aliphatic rings. The molecule has 0 aromatic rings. The Morgan fingerprint density at radius 2 is 1.88 bits per heavy atom. The van der Waals surface area contributed by atoms with Crippen molar-refractivity contribution < 1.29 is 19.1 Å². The molecule has 5 heteroatoms. The number of ketones is 1. The minimum Gasteiger partial charge on any atom is -0.465 e. The molecule has 0 heterocycles. The number of amides is 1. The van der Waals surface area contributed by atoms with Gasteiger partial charge in [-0.1, -0.05) is 19.9 Å². The number of hydrogen-bond acceptors (Lipinski definition) is 4. The van der Waals surface area contributed by atoms with Gasteiger partial charge in [-0.25, -0.2) is 0 Å². The lowest BCUT2D eigenvalue weighted by Crippen LogP contribution is -2.33. The fourth-order valence-electron chi connectivity index (χ4n) is 1.15. The average molecular weight is 241 g/mol. The number of carbonyl (C=O) groups is 3. The Bertz CT molecular complexity index is 331. The molecule has 0 aromatic carbocycles. The van der Waals surface area contributed by atoms with Gasteiger partial charge in [-0.05, 0) is 19.8 Å². The number of rotatable bonds is 6. The first-order valence-electron chi connectivity index (χ1n) is 5.55. The maximum atomic E-state index is 11.6. The lowest BCUT2D eigenvalue weighted by atomic mass is 10.1. The summed E-state index contributed by atoms with van der Waals surface area (Å²) in [5, 5.41) is 2.35. The quantitative estimate of drug-likeness (QED) is 0.324. The summed E-state index contributed by atoms with van der Waals surface area (Å²) in [6, 6.07) is 0. The third-order valence-corrected chi connectivity index (χ3v) is 1.82. The molecule has 96 valence electrons. The van der Waals surface area contributed by atoms with Gasteiger partial charge < -0.3 is 10.1 Å². The van der Waals surface area contributed by atoms with E-state index in [0.29, 0.717) is 0 Å². The highest BCUT2D eigenvalue weighted by atomic mass is 16.5. The van der Waals surface area contributed by atoms with Crippen molar-refractivity contribution in [1.82, 2.24) is 5.32 Å². The Balaban J connectivity index is 4.46. The van der Waals surface area contributed by atoms with E-state index in [9.17, 15) is 14.4 Å². The maximum Gasteiger partial charge on any atom is 0.325 e. The minimum absolute atomic E-state index is 0.0734. The number of allylic oxidation sites excluding steroid dienone is 1. The molecule has 17 heavy (non-hydrogen) atoms. The zero-order valence-corrected chi connectivity index (χ0v) is 10.7. The van der Waals surface area contributed by atoms with Crippen LogP contribution in [-0.4, -0.2) is 30.8 Å². The van der Waals surface area contributed by atoms with E-state index in [4.69, 9.17) is 0 Å². The van der Waals surface area contributed by atoms with Crippen molar-refractivity contribution in [3.8, 4) is 0 Å². The van der Waals surface area contributed by atoms with Gasteiger partial charge in [-0.15, -0.1) is 0 Å². The van der Waals surface area contributed by atoms with E-state index in [1.807, 2.05) is 13.8 Å². The predicted molar refractivity (Wildman–Crippen MR) is 63.2 cm³/mol. The van der Waals surface area contributed by atoms with Crippen LogP contribution in [0.1, 0.15) is 27.7 Å². The monoisotopic (exact) mass is 241 g/mol. The topological polar surface area (TPSA) is 72.5 Å². The zero-order chi connectivity index (χ0) is 13.4. The van der Waals surface area contributed by atoms with Crippen LogP contribution in [0.25, 0.3) is 0 Å². The summed E-state index contributed by atoms with van der Waals surface area (Å²) in [7, 11) is 0. The molecular weight excluding hydrogens is 222 g/mol. The van der Waals surface area contributed by atoms with Gasteiger partial charge in [0.1, 0.15) is 6.54 Å². The maximum absolute atomic E-state index is 11.6. The molecule has 0 aliphatic heterocycles. The average Bonchev–Trinajstić information content (AvgIpc) is 2.22. The third-order valence-electron chi connectivity index (χ3n) is 1.82. The normalized spacial score (nSPS) is 11.2. The summed E-state index contributed by atoms with van der Waals surface area (Å²) in [6.45, 7) is 6.76. The second-order valence-corrected chi connectivity index (χ2v) is 3.87. The first-order valence-corrected chi connectivity index (χ1v) is 5.55. The van der Waals surface area contributed by atoms with Crippen LogP contribution in [0.15, 0.2) is 11.6 Å². The Morgan fingerprint density at radius 1 is 1.29 bits per heavy atom. The van der Waals surface area contributed by atoms with Gasteiger partial charge in [-0.3, -0.25) is 14.4 Å². The van der Waals surface area contributed by atoms with Gasteiger partial charge in [0.05, 0.1) is 12.2 Å². The van der Waals surface area contributed by atoms with Crippen molar-refractivity contribution in [1.29, 1.82) is 0 Å². The first kappa shape index (κ1) is 15.3. The van der Waals surface area contributed by atoms with E-state index in [1.165, 1.54) is 6.92 Å². The van der Waals surface area contributed by atoms with E-state index < -0.39 is 11.9 Å². The highest BCUT2D eigenvalue weighted by Crippen LogP contribution is 2.03. The lowest BCUT2D eigenvalue weighted by Gasteiger charge is -2.07. The van der Waals surface area contributed by atoms with E-state index in [1.54, 1.807) is 13.0 Å². The van der Waals surface area contributed by atoms with Crippen molar-refractivity contribution >= 4 is 17.7 Å². The number of ether oxygens (including phenoxy) is 1. The molecule has 0 bridgehead atoms. The molecule has 0 saturated heterocycles. The molecule has 0 unspecified atom stereocenters. The molecule has 1 amide bonds. The van der Waals surface area contributed by atoms with Crippen molar-refractivity contribution in [2.75, 3.05) is 13.2 Å². The molecule has 0 aromatic heterocycles. The standard InChI is InChI=1S/C12H19NO4/c1-5-17-11(15)7-13-12(16)10(9(4)14)6-8(2)3/h6,8H,5,7H2,1-4H3,(H,13,16)/b10-6+. The summed E-state index contributed by atoms with van der Waals surface area (Å²) >= 11 is 0. The number of hydrogen-bond donors (Lipinski definition) is 1. The summed E-state index contributed by atoms with van der Waals surface area (Å²) in [5.41, 5.74) is 0.0734. The van der Waals surface area contributed by atoms with Gasteiger partial charge in [0.15, 0.2) is 5.78 Å². The Labute approximate surface area is 101 Å². The smallest absolute Gasteiger partial charge is 0.325 e. The van der Waals surface area contributed by atoms with Gasteiger partial charge >= 0.3 is 5.97 Å². The molecule has 5 nitrogen and oxygen atoms in total. The van der Waals surface area contributed by atoms with Gasteiger partial charge in [0.2, 0.25) is 0 Å². The number of nitrogens with one attached hydrogen (secondary N) is 1. The Hall–Kier alpha value is -1.65. The van der Waals surface area contributed by atoms with Crippen molar-refractivity contribution in [3.63, 3.8) is 0 Å². The highest BCUT2D eigenvalue weighted by molar-refractivity contribution is 6.18. The molecular formula is C12H19NO4. The summed E-state index contributed by atoms with van der Waals surface area (Å²) in [4.78, 5) is 33.9. The number of Topliss-reactive ketones (excluding diaryl/α,β-unsaturated/α-hetero) is 1. The van der Waals surface area contributed by atoms with E-state index in [2.05, 4.69) is 10.1 Å². The Morgan fingerprint density at radius 3 is 2.29 bits per heavy atom. The van der Waals surface area contributed by atoms with Crippen LogP contribution < -0.4 is 5.32 Å². The molecule has 1 N–H and O–H groups in total. The number of carbonyl (C=O) groups excluding carboxylic acids is 3. The van der Waals surface area contributed by atoms with Crippen LogP contribution in [0.3, 0.4) is 0 Å². The molecule has 0 aliphatic carbocycles. The van der Waals surface area contributed by atoms with E-state index >= 15 is 0 Å². The van der Waals surface area contributed by atoms with E-state index in [-0.39, 0.29) is 30.4 Å². The van der Waals surface area contributed by atoms with Crippen molar-refractivity contribution in [3.05, 3.63) is 11.6 Å². The second kappa shape index (κ2) is 7.60. The van der Waals surface area contributed by atoms with Crippen LogP contribution in [0.5, 0.6) is 0 Å². The molecule has 0 atom stereocenters. The largest absolute Gasteiger partial charge is 0.465 e. The van der Waals surface area contributed by atoms with Crippen LogP contribution in [-0.2, 0) is 19.1 Å². The number of esters is 1. The van der Waals surface area contributed by atoms with Crippen LogP contribution in [0, 0.1) is 5.92 Å². The Kier molecular flexibility index (Phi) is 6.86. The second-order valence-electron chi connectivity index (χ2n) is 3.87. The fraction of sp³-hybridized carbons (Fsp3) is 0.583. The molecule has 0 fully saturated rings. The molecule has 0 spiro atoms. The lowest BCUT2D eigenvalue weighted by molar-refractivity contribution is -0.143. The van der Waals surface area contributed by atoms with Crippen LogP contribution in [0.4, 0.5) is 0 Å².